The lowest BCUT2D eigenvalue weighted by atomic mass is 10.1. The normalized spacial score (nSPS) is 13.8. The number of fused-ring (bicyclic) bond motifs is 1. The Morgan fingerprint density at radius 3 is 2.71 bits per heavy atom. The van der Waals surface area contributed by atoms with E-state index in [1.54, 1.807) is 0 Å². The van der Waals surface area contributed by atoms with E-state index in [-0.39, 0.29) is 17.9 Å². The predicted octanol–water partition coefficient (Wildman–Crippen LogP) is 0.0568. The monoisotopic (exact) mass is 238 g/mol. The molecule has 1 aliphatic heterocycles. The number of hydrogen-bond acceptors (Lipinski definition) is 4. The smallest absolute Gasteiger partial charge is 0.286 e. The van der Waals surface area contributed by atoms with Gasteiger partial charge in [-0.2, -0.15) is 0 Å². The van der Waals surface area contributed by atoms with Crippen LogP contribution in [0.25, 0.3) is 0 Å². The molecule has 17 heavy (non-hydrogen) atoms. The van der Waals surface area contributed by atoms with Gasteiger partial charge in [-0.05, 0) is 18.2 Å². The van der Waals surface area contributed by atoms with Crippen molar-refractivity contribution in [2.24, 2.45) is 0 Å². The lowest BCUT2D eigenvalue weighted by molar-refractivity contribution is -0.120. The molecule has 0 atom stereocenters. The van der Waals surface area contributed by atoms with Gasteiger partial charge in [0.1, 0.15) is 12.5 Å². The van der Waals surface area contributed by atoms with Gasteiger partial charge < -0.3 is 5.32 Å². The van der Waals surface area contributed by atoms with E-state index < -0.39 is 17.6 Å². The van der Waals surface area contributed by atoms with Crippen molar-refractivity contribution in [3.8, 4) is 0 Å². The summed E-state index contributed by atoms with van der Waals surface area (Å²) in [5, 5.41) is 2.62. The van der Waals surface area contributed by atoms with Gasteiger partial charge in [0.25, 0.3) is 11.8 Å². The number of imide groups is 1. The van der Waals surface area contributed by atoms with E-state index in [1.807, 2.05) is 0 Å². The Balaban J connectivity index is 2.23. The van der Waals surface area contributed by atoms with Gasteiger partial charge in [-0.3, -0.25) is 14.4 Å². The number of carbonyl (C=O) groups is 3. The Bertz CT molecular complexity index is 503. The minimum Gasteiger partial charge on any atom is -0.334 e. The topological polar surface area (TPSA) is 75.7 Å². The molecular formula is C10H7FN2O4. The molecule has 0 saturated heterocycles. The molecule has 6 nitrogen and oxygen atoms in total. The second kappa shape index (κ2) is 4.30. The SMILES string of the molecule is O=CNCON1C(=O)c2ccc(F)cc2C1=O. The number of nitrogens with one attached hydrogen (secondary N) is 1. The summed E-state index contributed by atoms with van der Waals surface area (Å²) in [4.78, 5) is 38.0. The van der Waals surface area contributed by atoms with Crippen LogP contribution in [-0.4, -0.2) is 30.0 Å². The van der Waals surface area contributed by atoms with E-state index in [0.717, 1.165) is 12.1 Å². The summed E-state index contributed by atoms with van der Waals surface area (Å²) in [6.07, 6.45) is 0.359. The van der Waals surface area contributed by atoms with Crippen LogP contribution in [0.5, 0.6) is 0 Å². The molecule has 1 heterocycles. The first-order valence-electron chi connectivity index (χ1n) is 4.63. The Labute approximate surface area is 94.9 Å². The molecule has 0 spiro atoms. The van der Waals surface area contributed by atoms with Gasteiger partial charge in [-0.25, -0.2) is 9.23 Å². The molecule has 0 unspecified atom stereocenters. The van der Waals surface area contributed by atoms with Gasteiger partial charge in [0.2, 0.25) is 6.41 Å². The highest BCUT2D eigenvalue weighted by molar-refractivity contribution is 6.20. The van der Waals surface area contributed by atoms with Crippen molar-refractivity contribution in [3.63, 3.8) is 0 Å². The van der Waals surface area contributed by atoms with Crippen LogP contribution in [0.1, 0.15) is 20.7 Å². The summed E-state index contributed by atoms with van der Waals surface area (Å²) in [6.45, 7) is -0.322. The van der Waals surface area contributed by atoms with Crippen molar-refractivity contribution < 1.29 is 23.6 Å². The second-order valence-corrected chi connectivity index (χ2v) is 3.19. The quantitative estimate of drug-likeness (QED) is 0.348. The summed E-state index contributed by atoms with van der Waals surface area (Å²) in [7, 11) is 0. The van der Waals surface area contributed by atoms with Crippen LogP contribution in [0.2, 0.25) is 0 Å². The molecule has 88 valence electrons. The first-order chi connectivity index (χ1) is 8.15. The summed E-state index contributed by atoms with van der Waals surface area (Å²) >= 11 is 0. The largest absolute Gasteiger partial charge is 0.334 e. The van der Waals surface area contributed by atoms with Crippen LogP contribution >= 0.6 is 0 Å². The lowest BCUT2D eigenvalue weighted by Crippen LogP contribution is -2.33. The fourth-order valence-electron chi connectivity index (χ4n) is 1.44. The number of hydroxylamine groups is 2. The number of nitrogens with zero attached hydrogens (tertiary/aromatic N) is 1. The minimum absolute atomic E-state index is 0.0545. The van der Waals surface area contributed by atoms with Crippen LogP contribution in [-0.2, 0) is 9.63 Å². The van der Waals surface area contributed by atoms with E-state index in [0.29, 0.717) is 11.5 Å². The van der Waals surface area contributed by atoms with Gasteiger partial charge in [0.15, 0.2) is 0 Å². The van der Waals surface area contributed by atoms with Crippen LogP contribution in [0, 0.1) is 5.82 Å². The fraction of sp³-hybridized carbons (Fsp3) is 0.100. The molecule has 0 saturated carbocycles. The number of amides is 3. The summed E-state index contributed by atoms with van der Waals surface area (Å²) in [5.41, 5.74) is 0.0172. The summed E-state index contributed by atoms with van der Waals surface area (Å²) < 4.78 is 12.9. The number of hydrogen-bond donors (Lipinski definition) is 1. The Morgan fingerprint density at radius 1 is 1.29 bits per heavy atom. The first-order valence-corrected chi connectivity index (χ1v) is 4.63. The number of benzene rings is 1. The standard InChI is InChI=1S/C10H7FN2O4/c11-6-1-2-7-8(3-6)10(16)13(9(7)15)17-5-12-4-14/h1-4H,5H2,(H,12,14). The minimum atomic E-state index is -0.753. The zero-order valence-electron chi connectivity index (χ0n) is 8.47. The van der Waals surface area contributed by atoms with E-state index in [2.05, 4.69) is 5.32 Å². The predicted molar refractivity (Wildman–Crippen MR) is 52.1 cm³/mol. The van der Waals surface area contributed by atoms with E-state index >= 15 is 0 Å². The molecular weight excluding hydrogens is 231 g/mol. The number of rotatable bonds is 4. The third-order valence-electron chi connectivity index (χ3n) is 2.17. The molecule has 1 N–H and O–H groups in total. The van der Waals surface area contributed by atoms with Gasteiger partial charge >= 0.3 is 0 Å². The van der Waals surface area contributed by atoms with Crippen LogP contribution in [0.4, 0.5) is 4.39 Å². The van der Waals surface area contributed by atoms with Gasteiger partial charge in [-0.1, -0.05) is 0 Å². The van der Waals surface area contributed by atoms with Crippen molar-refractivity contribution in [1.29, 1.82) is 0 Å². The molecule has 2 rings (SSSR count). The molecule has 1 aromatic carbocycles. The van der Waals surface area contributed by atoms with Crippen molar-refractivity contribution in [3.05, 3.63) is 35.1 Å². The van der Waals surface area contributed by atoms with Crippen molar-refractivity contribution in [2.75, 3.05) is 6.73 Å². The zero-order valence-corrected chi connectivity index (χ0v) is 8.47. The zero-order chi connectivity index (χ0) is 12.4. The maximum absolute atomic E-state index is 12.9. The van der Waals surface area contributed by atoms with Crippen LogP contribution in [0.3, 0.4) is 0 Å². The van der Waals surface area contributed by atoms with E-state index in [1.165, 1.54) is 6.07 Å². The highest BCUT2D eigenvalue weighted by Gasteiger charge is 2.37. The maximum Gasteiger partial charge on any atom is 0.286 e. The Morgan fingerprint density at radius 2 is 2.00 bits per heavy atom. The van der Waals surface area contributed by atoms with Crippen molar-refractivity contribution in [2.45, 2.75) is 0 Å². The van der Waals surface area contributed by atoms with E-state index in [9.17, 15) is 18.8 Å². The first kappa shape index (κ1) is 11.2. The molecule has 0 radical (unpaired) electrons. The average Bonchev–Trinajstić information content (AvgIpc) is 2.54. The number of halogens is 1. The average molecular weight is 238 g/mol. The maximum atomic E-state index is 12.9. The molecule has 0 aliphatic carbocycles. The second-order valence-electron chi connectivity index (χ2n) is 3.19. The Hall–Kier alpha value is -2.28. The summed E-state index contributed by atoms with van der Waals surface area (Å²) in [5.74, 6) is -2.05. The van der Waals surface area contributed by atoms with Gasteiger partial charge in [0, 0.05) is 0 Å². The lowest BCUT2D eigenvalue weighted by Gasteiger charge is -2.11. The van der Waals surface area contributed by atoms with Crippen molar-refractivity contribution in [1.82, 2.24) is 10.4 Å². The Kier molecular flexibility index (Phi) is 2.84. The molecule has 1 aliphatic rings. The highest BCUT2D eigenvalue weighted by Crippen LogP contribution is 2.23. The molecule has 0 aromatic heterocycles. The van der Waals surface area contributed by atoms with Gasteiger partial charge in [-0.15, -0.1) is 5.06 Å². The third-order valence-corrected chi connectivity index (χ3v) is 2.17. The summed E-state index contributed by atoms with van der Waals surface area (Å²) in [6, 6.07) is 3.25. The van der Waals surface area contributed by atoms with E-state index in [4.69, 9.17) is 4.84 Å². The molecule has 3 amide bonds. The molecule has 1 aromatic rings. The molecule has 0 bridgehead atoms. The fourth-order valence-corrected chi connectivity index (χ4v) is 1.44. The van der Waals surface area contributed by atoms with Gasteiger partial charge in [0.05, 0.1) is 11.1 Å². The third kappa shape index (κ3) is 1.87. The van der Waals surface area contributed by atoms with Crippen LogP contribution < -0.4 is 5.32 Å². The number of carbonyl (C=O) groups excluding carboxylic acids is 3. The highest BCUT2D eigenvalue weighted by atomic mass is 19.1. The molecule has 0 fully saturated rings. The van der Waals surface area contributed by atoms with Crippen molar-refractivity contribution >= 4 is 18.2 Å². The van der Waals surface area contributed by atoms with Crippen LogP contribution in [0.15, 0.2) is 18.2 Å². The molecule has 7 heteroatoms.